The molecule has 0 aromatic heterocycles. The van der Waals surface area contributed by atoms with Gasteiger partial charge in [-0.15, -0.1) is 5.10 Å². The first-order chi connectivity index (χ1) is 11.5. The second-order valence-corrected chi connectivity index (χ2v) is 5.25. The molecule has 1 aromatic rings. The molecule has 1 aromatic carbocycles. The van der Waals surface area contributed by atoms with Crippen molar-refractivity contribution in [1.82, 2.24) is 5.32 Å². The Balaban J connectivity index is 2.15. The average Bonchev–Trinajstić information content (AvgIpc) is 2.89. The van der Waals surface area contributed by atoms with Crippen LogP contribution in [-0.4, -0.2) is 37.5 Å². The highest BCUT2D eigenvalue weighted by Gasteiger charge is 2.25. The first kappa shape index (κ1) is 17.6. The number of methoxy groups -OCH3 is 2. The van der Waals surface area contributed by atoms with Gasteiger partial charge in [-0.3, -0.25) is 10.1 Å². The molecule has 1 heterocycles. The van der Waals surface area contributed by atoms with Crippen molar-refractivity contribution in [2.24, 2.45) is 10.2 Å². The van der Waals surface area contributed by atoms with Gasteiger partial charge in [-0.25, -0.2) is 13.6 Å². The van der Waals surface area contributed by atoms with Crippen molar-refractivity contribution >= 4 is 35.0 Å². The van der Waals surface area contributed by atoms with Crippen molar-refractivity contribution in [3.63, 3.8) is 0 Å². The van der Waals surface area contributed by atoms with Gasteiger partial charge in [-0.2, -0.15) is 5.10 Å². The van der Waals surface area contributed by atoms with E-state index in [2.05, 4.69) is 25.0 Å². The van der Waals surface area contributed by atoms with Gasteiger partial charge in [0.25, 0.3) is 5.91 Å². The number of carbonyl (C=O) groups is 2. The molecule has 1 aliphatic heterocycles. The van der Waals surface area contributed by atoms with Crippen molar-refractivity contribution < 1.29 is 27.8 Å². The van der Waals surface area contributed by atoms with Gasteiger partial charge in [0.2, 0.25) is 0 Å². The second-order valence-electron chi connectivity index (χ2n) is 4.22. The fourth-order valence-electron chi connectivity index (χ4n) is 1.62. The lowest BCUT2D eigenvalue weighted by Crippen LogP contribution is -2.19. The summed E-state index contributed by atoms with van der Waals surface area (Å²) in [4.78, 5) is 22.8. The molecule has 10 heteroatoms. The summed E-state index contributed by atoms with van der Waals surface area (Å²) in [5.41, 5.74) is -0.0442. The Labute approximate surface area is 139 Å². The number of hydrogen-bond acceptors (Lipinski definition) is 7. The molecule has 0 aliphatic carbocycles. The van der Waals surface area contributed by atoms with Crippen molar-refractivity contribution in [2.45, 2.75) is 0 Å². The van der Waals surface area contributed by atoms with E-state index in [9.17, 15) is 18.4 Å². The number of nitrogens with one attached hydrogen (secondary N) is 1. The highest BCUT2D eigenvalue weighted by atomic mass is 32.2. The predicted octanol–water partition coefficient (Wildman–Crippen LogP) is 1.58. The molecule has 1 amide bonds. The third-order valence-electron chi connectivity index (χ3n) is 2.73. The Bertz CT molecular complexity index is 778. The molecule has 0 atom stereocenters. The van der Waals surface area contributed by atoms with E-state index in [1.54, 1.807) is 0 Å². The SMILES string of the molecule is COC(=O)/C=C1/S/C(=N\N=Cc2ccc(F)c(OC)c2F)NC1=O. The van der Waals surface area contributed by atoms with Gasteiger partial charge < -0.3 is 9.47 Å². The van der Waals surface area contributed by atoms with E-state index in [0.29, 0.717) is 0 Å². The summed E-state index contributed by atoms with van der Waals surface area (Å²) in [6.45, 7) is 0. The summed E-state index contributed by atoms with van der Waals surface area (Å²) in [6.07, 6.45) is 2.05. The van der Waals surface area contributed by atoms with E-state index in [4.69, 9.17) is 0 Å². The number of hydrogen-bond donors (Lipinski definition) is 1. The van der Waals surface area contributed by atoms with Gasteiger partial charge in [0, 0.05) is 11.6 Å². The lowest BCUT2D eigenvalue weighted by atomic mass is 10.2. The Hall–Kier alpha value is -2.75. The molecule has 7 nitrogen and oxygen atoms in total. The van der Waals surface area contributed by atoms with Crippen LogP contribution in [0.3, 0.4) is 0 Å². The molecule has 1 saturated heterocycles. The second kappa shape index (κ2) is 7.68. The first-order valence-electron chi connectivity index (χ1n) is 6.38. The third-order valence-corrected chi connectivity index (χ3v) is 3.63. The summed E-state index contributed by atoms with van der Waals surface area (Å²) >= 11 is 0.869. The fourth-order valence-corrected chi connectivity index (χ4v) is 2.36. The highest BCUT2D eigenvalue weighted by molar-refractivity contribution is 8.18. The van der Waals surface area contributed by atoms with E-state index in [1.807, 2.05) is 0 Å². The molecule has 1 N–H and O–H groups in total. The molecule has 126 valence electrons. The van der Waals surface area contributed by atoms with Crippen LogP contribution in [0.25, 0.3) is 0 Å². The fraction of sp³-hybridized carbons (Fsp3) is 0.143. The maximum absolute atomic E-state index is 13.9. The Kier molecular flexibility index (Phi) is 5.64. The molecule has 2 rings (SSSR count). The molecule has 0 radical (unpaired) electrons. The zero-order chi connectivity index (χ0) is 17.7. The van der Waals surface area contributed by atoms with E-state index in [-0.39, 0.29) is 15.6 Å². The molecule has 24 heavy (non-hydrogen) atoms. The van der Waals surface area contributed by atoms with Crippen molar-refractivity contribution in [2.75, 3.05) is 14.2 Å². The van der Waals surface area contributed by atoms with Gasteiger partial charge in [0.15, 0.2) is 22.6 Å². The summed E-state index contributed by atoms with van der Waals surface area (Å²) in [7, 11) is 2.32. The molecular formula is C14H11F2N3O4S. The molecule has 0 unspecified atom stereocenters. The number of benzene rings is 1. The number of rotatable bonds is 4. The Morgan fingerprint density at radius 1 is 1.33 bits per heavy atom. The highest BCUT2D eigenvalue weighted by Crippen LogP contribution is 2.24. The van der Waals surface area contributed by atoms with Crippen LogP contribution in [0, 0.1) is 11.6 Å². The molecular weight excluding hydrogens is 344 g/mol. The number of amides is 1. The van der Waals surface area contributed by atoms with Crippen LogP contribution in [-0.2, 0) is 14.3 Å². The van der Waals surface area contributed by atoms with Crippen LogP contribution >= 0.6 is 11.8 Å². The van der Waals surface area contributed by atoms with Gasteiger partial charge in [0.1, 0.15) is 0 Å². The normalized spacial score (nSPS) is 17.6. The summed E-state index contributed by atoms with van der Waals surface area (Å²) in [6, 6.07) is 2.19. The molecule has 1 aliphatic rings. The molecule has 0 spiro atoms. The standard InChI is InChI=1S/C14H11F2N3O4S/c1-22-10(20)5-9-13(21)18-14(24-9)19-17-6-7-3-4-8(15)12(23-2)11(7)16/h3-6H,1-2H3,(H,18,19,21)/b9-5+,17-6?. The summed E-state index contributed by atoms with van der Waals surface area (Å²) in [5.74, 6) is -3.50. The van der Waals surface area contributed by atoms with Gasteiger partial charge in [0.05, 0.1) is 25.3 Å². The molecule has 0 saturated carbocycles. The predicted molar refractivity (Wildman–Crippen MR) is 83.8 cm³/mol. The first-order valence-corrected chi connectivity index (χ1v) is 7.19. The lowest BCUT2D eigenvalue weighted by molar-refractivity contribution is -0.135. The van der Waals surface area contributed by atoms with E-state index < -0.39 is 29.3 Å². The van der Waals surface area contributed by atoms with Gasteiger partial charge in [-0.1, -0.05) is 0 Å². The summed E-state index contributed by atoms with van der Waals surface area (Å²) in [5, 5.41) is 9.79. The van der Waals surface area contributed by atoms with Crippen molar-refractivity contribution in [3.8, 4) is 5.75 Å². The number of ether oxygens (including phenoxy) is 2. The van der Waals surface area contributed by atoms with Crippen LogP contribution in [0.2, 0.25) is 0 Å². The van der Waals surface area contributed by atoms with Gasteiger partial charge >= 0.3 is 5.97 Å². The molecule has 0 bridgehead atoms. The molecule has 1 fully saturated rings. The smallest absolute Gasteiger partial charge is 0.331 e. The number of amidine groups is 1. The number of nitrogens with zero attached hydrogens (tertiary/aromatic N) is 2. The monoisotopic (exact) mass is 355 g/mol. The quantitative estimate of drug-likeness (QED) is 0.383. The van der Waals surface area contributed by atoms with Gasteiger partial charge in [-0.05, 0) is 23.9 Å². The van der Waals surface area contributed by atoms with Crippen LogP contribution < -0.4 is 10.1 Å². The topological polar surface area (TPSA) is 89.3 Å². The maximum Gasteiger partial charge on any atom is 0.331 e. The minimum absolute atomic E-state index is 0.0442. The van der Waals surface area contributed by atoms with Crippen molar-refractivity contribution in [3.05, 3.63) is 40.3 Å². The zero-order valence-corrected chi connectivity index (χ0v) is 13.3. The van der Waals surface area contributed by atoms with Crippen molar-refractivity contribution in [1.29, 1.82) is 0 Å². The largest absolute Gasteiger partial charge is 0.491 e. The Morgan fingerprint density at radius 3 is 2.75 bits per heavy atom. The number of halogens is 2. The number of carbonyl (C=O) groups excluding carboxylic acids is 2. The van der Waals surface area contributed by atoms with Crippen LogP contribution in [0.15, 0.2) is 33.3 Å². The minimum Gasteiger partial charge on any atom is -0.491 e. The maximum atomic E-state index is 13.9. The average molecular weight is 355 g/mol. The zero-order valence-electron chi connectivity index (χ0n) is 12.5. The van der Waals surface area contributed by atoms with E-state index in [1.165, 1.54) is 13.2 Å². The lowest BCUT2D eigenvalue weighted by Gasteiger charge is -2.04. The minimum atomic E-state index is -0.921. The third kappa shape index (κ3) is 3.96. The van der Waals surface area contributed by atoms with Crippen LogP contribution in [0.1, 0.15) is 5.56 Å². The Morgan fingerprint density at radius 2 is 2.08 bits per heavy atom. The number of thioether (sulfide) groups is 1. The van der Waals surface area contributed by atoms with Crippen LogP contribution in [0.5, 0.6) is 5.75 Å². The summed E-state index contributed by atoms with van der Waals surface area (Å²) < 4.78 is 36.2. The van der Waals surface area contributed by atoms with E-state index >= 15 is 0 Å². The number of esters is 1. The van der Waals surface area contributed by atoms with E-state index in [0.717, 1.165) is 37.2 Å². The van der Waals surface area contributed by atoms with Crippen LogP contribution in [0.4, 0.5) is 8.78 Å².